The number of hydrogen-bond acceptors (Lipinski definition) is 5. The number of H-pyrrole nitrogens is 1. The van der Waals surface area contributed by atoms with E-state index in [2.05, 4.69) is 34.6 Å². The van der Waals surface area contributed by atoms with Crippen molar-refractivity contribution in [1.82, 2.24) is 15.3 Å². The molecule has 3 aliphatic heterocycles. The van der Waals surface area contributed by atoms with Crippen LogP contribution in [0.25, 0.3) is 33.3 Å². The molecule has 3 aliphatic rings. The second-order valence-corrected chi connectivity index (χ2v) is 9.43. The first-order valence-electron chi connectivity index (χ1n) is 12.0. The monoisotopic (exact) mass is 451 g/mol. The number of benzene rings is 2. The number of carbonyl (C=O) groups is 1. The van der Waals surface area contributed by atoms with Crippen LogP contribution in [0.15, 0.2) is 48.8 Å². The van der Waals surface area contributed by atoms with Crippen LogP contribution in [0.1, 0.15) is 51.5 Å². The van der Waals surface area contributed by atoms with Gasteiger partial charge in [0.05, 0.1) is 18.8 Å². The fraction of sp³-hybridized carbons (Fsp3) is 0.286. The predicted octanol–water partition coefficient (Wildman–Crippen LogP) is 5.06. The van der Waals surface area contributed by atoms with Crippen LogP contribution in [0, 0.1) is 0 Å². The van der Waals surface area contributed by atoms with Gasteiger partial charge in [0.2, 0.25) is 0 Å². The van der Waals surface area contributed by atoms with E-state index in [1.807, 2.05) is 24.5 Å². The molecule has 1 atom stereocenters. The number of hydrogen-bond donors (Lipinski definition) is 2. The molecule has 4 aromatic rings. The van der Waals surface area contributed by atoms with Gasteiger partial charge in [-0.25, -0.2) is 9.78 Å². The largest absolute Gasteiger partial charge is 0.457 e. The van der Waals surface area contributed by atoms with Gasteiger partial charge >= 0.3 is 5.97 Å². The molecule has 6 heteroatoms. The van der Waals surface area contributed by atoms with Gasteiger partial charge in [-0.05, 0) is 71.8 Å². The Kier molecular flexibility index (Phi) is 4.57. The summed E-state index contributed by atoms with van der Waals surface area (Å²) in [5.41, 5.74) is 10.9. The first kappa shape index (κ1) is 19.9. The summed E-state index contributed by atoms with van der Waals surface area (Å²) in [5.74, 6) is -0.249. The van der Waals surface area contributed by atoms with E-state index in [0.717, 1.165) is 59.3 Å². The third kappa shape index (κ3) is 3.17. The molecule has 0 bridgehead atoms. The number of fused-ring (bicyclic) bond motifs is 3. The molecular formula is C28H25N3O3. The summed E-state index contributed by atoms with van der Waals surface area (Å²) in [5, 5.41) is 4.71. The highest BCUT2D eigenvalue weighted by molar-refractivity contribution is 5.99. The van der Waals surface area contributed by atoms with Crippen LogP contribution in [0.5, 0.6) is 0 Å². The smallest absolute Gasteiger partial charge is 0.338 e. The number of aromatic amines is 1. The lowest BCUT2D eigenvalue weighted by atomic mass is 9.88. The summed E-state index contributed by atoms with van der Waals surface area (Å²) in [4.78, 5) is 20.1. The number of esters is 1. The second kappa shape index (κ2) is 7.79. The van der Waals surface area contributed by atoms with Gasteiger partial charge in [-0.3, -0.25) is 0 Å². The maximum atomic E-state index is 12.1. The van der Waals surface area contributed by atoms with Crippen molar-refractivity contribution in [3.05, 3.63) is 76.6 Å². The van der Waals surface area contributed by atoms with Gasteiger partial charge in [0.15, 0.2) is 0 Å². The number of pyridine rings is 1. The van der Waals surface area contributed by atoms with E-state index < -0.39 is 0 Å². The van der Waals surface area contributed by atoms with Crippen LogP contribution < -0.4 is 5.32 Å². The summed E-state index contributed by atoms with van der Waals surface area (Å²) in [6.07, 6.45) is 7.24. The maximum absolute atomic E-state index is 12.1. The molecule has 1 saturated heterocycles. The number of cyclic esters (lactones) is 1. The van der Waals surface area contributed by atoms with E-state index in [0.29, 0.717) is 24.8 Å². The molecule has 0 aliphatic carbocycles. The standard InChI is InChI=1S/C28H25N3O3/c32-28-21-9-16(3-4-18(21)14-34-28)24-13-31-27-23(24)11-20(12-30-27)19-8-17-5-7-33-15-25(17)22(10-19)26-2-1-6-29-26/h3-4,8-13,26,29H,1-2,5-7,14-15H2,(H,30,31). The molecule has 0 radical (unpaired) electrons. The second-order valence-electron chi connectivity index (χ2n) is 9.43. The quantitative estimate of drug-likeness (QED) is 0.426. The fourth-order valence-electron chi connectivity index (χ4n) is 5.62. The number of nitrogens with one attached hydrogen (secondary N) is 2. The molecule has 2 N–H and O–H groups in total. The van der Waals surface area contributed by atoms with E-state index in [4.69, 9.17) is 14.5 Å². The highest BCUT2D eigenvalue weighted by Gasteiger charge is 2.25. The average Bonchev–Trinajstić information content (AvgIpc) is 3.63. The van der Waals surface area contributed by atoms with E-state index >= 15 is 0 Å². The molecule has 34 heavy (non-hydrogen) atoms. The normalized spacial score (nSPS) is 19.3. The van der Waals surface area contributed by atoms with Crippen LogP contribution in [0.4, 0.5) is 0 Å². The minimum absolute atomic E-state index is 0.249. The van der Waals surface area contributed by atoms with Crippen molar-refractivity contribution in [3.8, 4) is 22.3 Å². The zero-order chi connectivity index (χ0) is 22.6. The van der Waals surface area contributed by atoms with Crippen molar-refractivity contribution >= 4 is 17.0 Å². The zero-order valence-corrected chi connectivity index (χ0v) is 18.8. The molecule has 0 spiro atoms. The van der Waals surface area contributed by atoms with Crippen LogP contribution in [0.2, 0.25) is 0 Å². The van der Waals surface area contributed by atoms with E-state index in [-0.39, 0.29) is 5.97 Å². The third-order valence-corrected chi connectivity index (χ3v) is 7.44. The van der Waals surface area contributed by atoms with Crippen molar-refractivity contribution in [2.24, 2.45) is 0 Å². The van der Waals surface area contributed by atoms with E-state index in [1.165, 1.54) is 28.7 Å². The minimum atomic E-state index is -0.249. The van der Waals surface area contributed by atoms with Crippen molar-refractivity contribution < 1.29 is 14.3 Å². The Labute approximate surface area is 197 Å². The Hall–Kier alpha value is -3.48. The topological polar surface area (TPSA) is 76.2 Å². The van der Waals surface area contributed by atoms with Gasteiger partial charge in [0.25, 0.3) is 0 Å². The van der Waals surface area contributed by atoms with Gasteiger partial charge in [-0.15, -0.1) is 0 Å². The first-order valence-corrected chi connectivity index (χ1v) is 12.0. The fourth-order valence-corrected chi connectivity index (χ4v) is 5.62. The van der Waals surface area contributed by atoms with Crippen molar-refractivity contribution in [2.75, 3.05) is 13.2 Å². The molecule has 6 nitrogen and oxygen atoms in total. The third-order valence-electron chi connectivity index (χ3n) is 7.44. The maximum Gasteiger partial charge on any atom is 0.338 e. The Morgan fingerprint density at radius 2 is 1.94 bits per heavy atom. The van der Waals surface area contributed by atoms with Gasteiger partial charge < -0.3 is 19.8 Å². The number of rotatable bonds is 3. The average molecular weight is 452 g/mol. The number of carbonyl (C=O) groups excluding carboxylic acids is 1. The van der Waals surface area contributed by atoms with E-state index in [1.54, 1.807) is 0 Å². The van der Waals surface area contributed by atoms with Crippen LogP contribution in [-0.2, 0) is 29.1 Å². The Morgan fingerprint density at radius 3 is 2.85 bits per heavy atom. The summed E-state index contributed by atoms with van der Waals surface area (Å²) in [6, 6.07) is 13.2. The summed E-state index contributed by atoms with van der Waals surface area (Å²) < 4.78 is 11.0. The van der Waals surface area contributed by atoms with Crippen LogP contribution >= 0.6 is 0 Å². The molecule has 170 valence electrons. The summed E-state index contributed by atoms with van der Waals surface area (Å²) >= 11 is 0. The van der Waals surface area contributed by atoms with Gasteiger partial charge in [-0.2, -0.15) is 0 Å². The van der Waals surface area contributed by atoms with Gasteiger partial charge in [-0.1, -0.05) is 18.2 Å². The lowest BCUT2D eigenvalue weighted by molar-refractivity contribution is 0.0535. The molecular weight excluding hydrogens is 426 g/mol. The molecule has 1 unspecified atom stereocenters. The first-order chi connectivity index (χ1) is 16.7. The van der Waals surface area contributed by atoms with Gasteiger partial charge in [0.1, 0.15) is 12.3 Å². The highest BCUT2D eigenvalue weighted by atomic mass is 16.5. The van der Waals surface area contributed by atoms with Crippen molar-refractivity contribution in [1.29, 1.82) is 0 Å². The molecule has 0 saturated carbocycles. The lowest BCUT2D eigenvalue weighted by Crippen LogP contribution is -2.19. The molecule has 2 aromatic heterocycles. The number of ether oxygens (including phenoxy) is 2. The van der Waals surface area contributed by atoms with Crippen molar-refractivity contribution in [2.45, 2.75) is 38.5 Å². The number of nitrogens with zero attached hydrogens (tertiary/aromatic N) is 1. The zero-order valence-electron chi connectivity index (χ0n) is 18.8. The molecule has 0 amide bonds. The number of aromatic nitrogens is 2. The Bertz CT molecular complexity index is 1450. The summed E-state index contributed by atoms with van der Waals surface area (Å²) in [7, 11) is 0. The Balaban J connectivity index is 1.35. The SMILES string of the molecule is O=C1OCc2ccc(-c3c[nH]c4ncc(-c5cc6c(c(C7CCCN7)c5)COCC6)cc34)cc21. The van der Waals surface area contributed by atoms with Crippen molar-refractivity contribution in [3.63, 3.8) is 0 Å². The van der Waals surface area contributed by atoms with Crippen LogP contribution in [0.3, 0.4) is 0 Å². The Morgan fingerprint density at radius 1 is 0.971 bits per heavy atom. The molecule has 1 fully saturated rings. The highest BCUT2D eigenvalue weighted by Crippen LogP contribution is 2.37. The summed E-state index contributed by atoms with van der Waals surface area (Å²) in [6.45, 7) is 2.89. The predicted molar refractivity (Wildman–Crippen MR) is 129 cm³/mol. The lowest BCUT2D eigenvalue weighted by Gasteiger charge is -2.24. The minimum Gasteiger partial charge on any atom is -0.457 e. The molecule has 7 rings (SSSR count). The van der Waals surface area contributed by atoms with Crippen LogP contribution in [-0.4, -0.2) is 29.1 Å². The van der Waals surface area contributed by atoms with E-state index in [9.17, 15) is 4.79 Å². The van der Waals surface area contributed by atoms with Gasteiger partial charge in [0, 0.05) is 40.5 Å². The molecule has 5 heterocycles. The molecule has 2 aromatic carbocycles.